The fourth-order valence-electron chi connectivity index (χ4n) is 2.66. The normalized spacial score (nSPS) is 19.4. The van der Waals surface area contributed by atoms with Crippen LogP contribution in [0.3, 0.4) is 0 Å². The molecule has 1 aliphatic rings. The zero-order chi connectivity index (χ0) is 14.3. The Balaban J connectivity index is 2.52. The van der Waals surface area contributed by atoms with Gasteiger partial charge in [-0.2, -0.15) is 0 Å². The standard InChI is InChI=1S/C15H31N3O/c1-5-17(6-2)9-10-18(12-13(3)4)15(19)14-7-8-16-11-14/h13-14,16H,5-12H2,1-4H3. The minimum absolute atomic E-state index is 0.204. The molecule has 1 rings (SSSR count). The van der Waals surface area contributed by atoms with Gasteiger partial charge in [-0.3, -0.25) is 4.79 Å². The Morgan fingerprint density at radius 3 is 2.42 bits per heavy atom. The van der Waals surface area contributed by atoms with E-state index < -0.39 is 0 Å². The van der Waals surface area contributed by atoms with Gasteiger partial charge in [-0.25, -0.2) is 0 Å². The van der Waals surface area contributed by atoms with Crippen molar-refractivity contribution in [2.75, 3.05) is 45.8 Å². The van der Waals surface area contributed by atoms with Crippen LogP contribution in [-0.4, -0.2) is 61.5 Å². The molecule has 0 aliphatic carbocycles. The number of amides is 1. The number of hydrogen-bond donors (Lipinski definition) is 1. The average molecular weight is 269 g/mol. The van der Waals surface area contributed by atoms with E-state index in [0.29, 0.717) is 11.8 Å². The summed E-state index contributed by atoms with van der Waals surface area (Å²) in [7, 11) is 0. The third-order valence-corrected chi connectivity index (χ3v) is 3.89. The number of carbonyl (C=O) groups is 1. The lowest BCUT2D eigenvalue weighted by atomic mass is 10.1. The maximum absolute atomic E-state index is 12.5. The van der Waals surface area contributed by atoms with Gasteiger partial charge in [-0.05, 0) is 32.0 Å². The molecular weight excluding hydrogens is 238 g/mol. The summed E-state index contributed by atoms with van der Waals surface area (Å²) in [4.78, 5) is 17.0. The summed E-state index contributed by atoms with van der Waals surface area (Å²) in [6.07, 6.45) is 0.999. The first-order chi connectivity index (χ1) is 9.08. The molecule has 112 valence electrons. The van der Waals surface area contributed by atoms with Crippen molar-refractivity contribution in [3.05, 3.63) is 0 Å². The predicted molar refractivity (Wildman–Crippen MR) is 80.2 cm³/mol. The summed E-state index contributed by atoms with van der Waals surface area (Å²) in [5.74, 6) is 1.09. The van der Waals surface area contributed by atoms with Gasteiger partial charge in [0.1, 0.15) is 0 Å². The molecule has 0 bridgehead atoms. The summed E-state index contributed by atoms with van der Waals surface area (Å²) < 4.78 is 0. The van der Waals surface area contributed by atoms with Crippen LogP contribution >= 0.6 is 0 Å². The van der Waals surface area contributed by atoms with Crippen LogP contribution in [0.2, 0.25) is 0 Å². The molecule has 19 heavy (non-hydrogen) atoms. The van der Waals surface area contributed by atoms with Gasteiger partial charge in [0.25, 0.3) is 0 Å². The van der Waals surface area contributed by atoms with Crippen molar-refractivity contribution in [3.8, 4) is 0 Å². The van der Waals surface area contributed by atoms with Gasteiger partial charge in [0.2, 0.25) is 5.91 Å². The van der Waals surface area contributed by atoms with Crippen LogP contribution < -0.4 is 5.32 Å². The first-order valence-corrected chi connectivity index (χ1v) is 7.80. The molecular formula is C15H31N3O. The van der Waals surface area contributed by atoms with Crippen molar-refractivity contribution < 1.29 is 4.79 Å². The number of hydrogen-bond acceptors (Lipinski definition) is 3. The number of carbonyl (C=O) groups excluding carboxylic acids is 1. The van der Waals surface area contributed by atoms with Gasteiger partial charge in [-0.1, -0.05) is 27.7 Å². The summed E-state index contributed by atoms with van der Waals surface area (Å²) in [5, 5.41) is 3.29. The molecule has 1 aliphatic heterocycles. The van der Waals surface area contributed by atoms with E-state index in [1.165, 1.54) is 0 Å². The number of nitrogens with one attached hydrogen (secondary N) is 1. The predicted octanol–water partition coefficient (Wildman–Crippen LogP) is 1.42. The molecule has 1 N–H and O–H groups in total. The highest BCUT2D eigenvalue weighted by Gasteiger charge is 2.27. The van der Waals surface area contributed by atoms with Crippen molar-refractivity contribution in [3.63, 3.8) is 0 Å². The quantitative estimate of drug-likeness (QED) is 0.724. The van der Waals surface area contributed by atoms with Crippen molar-refractivity contribution in [2.45, 2.75) is 34.1 Å². The van der Waals surface area contributed by atoms with Crippen LogP contribution in [-0.2, 0) is 4.79 Å². The van der Waals surface area contributed by atoms with Gasteiger partial charge >= 0.3 is 0 Å². The summed E-state index contributed by atoms with van der Waals surface area (Å²) in [5.41, 5.74) is 0. The molecule has 1 amide bonds. The smallest absolute Gasteiger partial charge is 0.227 e. The van der Waals surface area contributed by atoms with E-state index in [-0.39, 0.29) is 5.92 Å². The van der Waals surface area contributed by atoms with Gasteiger partial charge in [0, 0.05) is 26.2 Å². The molecule has 0 saturated carbocycles. The molecule has 0 aromatic heterocycles. The van der Waals surface area contributed by atoms with E-state index in [4.69, 9.17) is 0 Å². The van der Waals surface area contributed by atoms with Crippen molar-refractivity contribution >= 4 is 5.91 Å². The van der Waals surface area contributed by atoms with E-state index >= 15 is 0 Å². The van der Waals surface area contributed by atoms with Crippen LogP contribution in [0.5, 0.6) is 0 Å². The Bertz CT molecular complexity index is 258. The third kappa shape index (κ3) is 5.49. The Labute approximate surface area is 118 Å². The van der Waals surface area contributed by atoms with Gasteiger partial charge < -0.3 is 15.1 Å². The largest absolute Gasteiger partial charge is 0.341 e. The number of nitrogens with zero attached hydrogens (tertiary/aromatic N) is 2. The van der Waals surface area contributed by atoms with Crippen LogP contribution in [0.1, 0.15) is 34.1 Å². The Kier molecular flexibility index (Phi) is 7.39. The van der Waals surface area contributed by atoms with E-state index in [2.05, 4.69) is 42.8 Å². The average Bonchev–Trinajstić information content (AvgIpc) is 2.91. The molecule has 1 atom stereocenters. The molecule has 1 unspecified atom stereocenters. The molecule has 1 saturated heterocycles. The molecule has 0 radical (unpaired) electrons. The first-order valence-electron chi connectivity index (χ1n) is 7.80. The van der Waals surface area contributed by atoms with E-state index in [9.17, 15) is 4.79 Å². The van der Waals surface area contributed by atoms with E-state index in [0.717, 1.165) is 52.2 Å². The Morgan fingerprint density at radius 1 is 1.26 bits per heavy atom. The Morgan fingerprint density at radius 2 is 1.95 bits per heavy atom. The van der Waals surface area contributed by atoms with Crippen LogP contribution in [0.4, 0.5) is 0 Å². The van der Waals surface area contributed by atoms with E-state index in [1.54, 1.807) is 0 Å². The topological polar surface area (TPSA) is 35.6 Å². The van der Waals surface area contributed by atoms with E-state index in [1.807, 2.05) is 0 Å². The van der Waals surface area contributed by atoms with Crippen molar-refractivity contribution in [1.82, 2.24) is 15.1 Å². The van der Waals surface area contributed by atoms with Gasteiger partial charge in [0.15, 0.2) is 0 Å². The molecule has 0 aromatic carbocycles. The molecule has 4 heteroatoms. The highest BCUT2D eigenvalue weighted by molar-refractivity contribution is 5.79. The van der Waals surface area contributed by atoms with Crippen molar-refractivity contribution in [1.29, 1.82) is 0 Å². The maximum atomic E-state index is 12.5. The molecule has 1 fully saturated rings. The Hall–Kier alpha value is -0.610. The third-order valence-electron chi connectivity index (χ3n) is 3.89. The lowest BCUT2D eigenvalue weighted by molar-refractivity contribution is -0.135. The lowest BCUT2D eigenvalue weighted by Gasteiger charge is -2.29. The number of rotatable bonds is 8. The second-order valence-corrected chi connectivity index (χ2v) is 5.89. The maximum Gasteiger partial charge on any atom is 0.227 e. The lowest BCUT2D eigenvalue weighted by Crippen LogP contribution is -2.43. The summed E-state index contributed by atoms with van der Waals surface area (Å²) in [6.45, 7) is 15.4. The number of likely N-dealkylation sites (N-methyl/N-ethyl adjacent to an activating group) is 1. The summed E-state index contributed by atoms with van der Waals surface area (Å²) >= 11 is 0. The van der Waals surface area contributed by atoms with Crippen LogP contribution in [0, 0.1) is 11.8 Å². The fourth-order valence-corrected chi connectivity index (χ4v) is 2.66. The minimum atomic E-state index is 0.204. The molecule has 0 aromatic rings. The minimum Gasteiger partial charge on any atom is -0.341 e. The second-order valence-electron chi connectivity index (χ2n) is 5.89. The monoisotopic (exact) mass is 269 g/mol. The fraction of sp³-hybridized carbons (Fsp3) is 0.933. The SMILES string of the molecule is CCN(CC)CCN(CC(C)C)C(=O)C1CCNC1. The highest BCUT2D eigenvalue weighted by atomic mass is 16.2. The molecule has 1 heterocycles. The molecule has 0 spiro atoms. The van der Waals surface area contributed by atoms with Crippen LogP contribution in [0.25, 0.3) is 0 Å². The second kappa shape index (κ2) is 8.54. The zero-order valence-electron chi connectivity index (χ0n) is 13.1. The zero-order valence-corrected chi connectivity index (χ0v) is 13.1. The van der Waals surface area contributed by atoms with Gasteiger partial charge in [-0.15, -0.1) is 0 Å². The van der Waals surface area contributed by atoms with Crippen molar-refractivity contribution in [2.24, 2.45) is 11.8 Å². The highest BCUT2D eigenvalue weighted by Crippen LogP contribution is 2.13. The van der Waals surface area contributed by atoms with Gasteiger partial charge in [0.05, 0.1) is 5.92 Å². The molecule has 4 nitrogen and oxygen atoms in total. The summed E-state index contributed by atoms with van der Waals surface area (Å²) in [6, 6.07) is 0. The van der Waals surface area contributed by atoms with Crippen LogP contribution in [0.15, 0.2) is 0 Å². The first kappa shape index (κ1) is 16.4.